The summed E-state index contributed by atoms with van der Waals surface area (Å²) in [6.07, 6.45) is -2.36. The summed E-state index contributed by atoms with van der Waals surface area (Å²) in [6.45, 7) is 0. The molecule has 1 aromatic rings. The van der Waals surface area contributed by atoms with Gasteiger partial charge in [0.05, 0.1) is 9.85 Å². The van der Waals surface area contributed by atoms with Crippen molar-refractivity contribution in [2.24, 2.45) is 0 Å². The Morgan fingerprint density at radius 3 is 2.33 bits per heavy atom. The minimum Gasteiger partial charge on any atom is -0.502 e. The lowest BCUT2D eigenvalue weighted by Crippen LogP contribution is -2.34. The maximum Gasteiger partial charge on any atom is 0.451 e. The van der Waals surface area contributed by atoms with Crippen molar-refractivity contribution >= 4 is 11.7 Å². The minimum atomic E-state index is -2.36. The van der Waals surface area contributed by atoms with Gasteiger partial charge in [-0.1, -0.05) is 0 Å². The van der Waals surface area contributed by atoms with E-state index < -0.39 is 33.5 Å². The number of nitro groups is 2. The monoisotopic (exact) mass is 258 g/mol. The maximum atomic E-state index is 10.5. The smallest absolute Gasteiger partial charge is 0.451 e. The van der Waals surface area contributed by atoms with E-state index in [0.717, 1.165) is 18.2 Å². The quantitative estimate of drug-likeness (QED) is 0.436. The van der Waals surface area contributed by atoms with Crippen LogP contribution >= 0.6 is 0 Å². The van der Waals surface area contributed by atoms with Gasteiger partial charge in [0.2, 0.25) is 0 Å². The van der Waals surface area contributed by atoms with Crippen LogP contribution in [0.1, 0.15) is 0 Å². The SMILES string of the molecule is O=C(O)C(Oc1ccc([N+](=O)[O-])c(O)c1)[N+](=O)[O-]. The van der Waals surface area contributed by atoms with E-state index in [1.54, 1.807) is 0 Å². The largest absolute Gasteiger partial charge is 0.502 e. The number of phenolic OH excluding ortho intramolecular Hbond substituents is 1. The van der Waals surface area contributed by atoms with E-state index in [9.17, 15) is 30.1 Å². The summed E-state index contributed by atoms with van der Waals surface area (Å²) in [7, 11) is 0. The third-order valence-corrected chi connectivity index (χ3v) is 1.79. The number of aromatic hydroxyl groups is 1. The summed E-state index contributed by atoms with van der Waals surface area (Å²) in [5.41, 5.74) is -0.629. The van der Waals surface area contributed by atoms with Crippen molar-refractivity contribution in [3.63, 3.8) is 0 Å². The van der Waals surface area contributed by atoms with Crippen molar-refractivity contribution in [2.45, 2.75) is 6.23 Å². The van der Waals surface area contributed by atoms with Crippen LogP contribution < -0.4 is 4.74 Å². The lowest BCUT2D eigenvalue weighted by molar-refractivity contribution is -0.548. The number of carboxylic acids is 1. The van der Waals surface area contributed by atoms with E-state index in [1.165, 1.54) is 0 Å². The molecule has 1 rings (SSSR count). The number of carboxylic acid groups (broad SMARTS) is 1. The zero-order valence-electron chi connectivity index (χ0n) is 8.55. The van der Waals surface area contributed by atoms with Gasteiger partial charge in [-0.25, -0.2) is 4.79 Å². The van der Waals surface area contributed by atoms with Crippen molar-refractivity contribution in [3.05, 3.63) is 38.4 Å². The van der Waals surface area contributed by atoms with Gasteiger partial charge in [-0.15, -0.1) is 0 Å². The molecule has 0 amide bonds. The average molecular weight is 258 g/mol. The lowest BCUT2D eigenvalue weighted by atomic mass is 10.3. The summed E-state index contributed by atoms with van der Waals surface area (Å²) in [6, 6.07) is 2.50. The molecule has 0 aromatic heterocycles. The Morgan fingerprint density at radius 2 is 1.94 bits per heavy atom. The molecule has 0 aliphatic carbocycles. The number of hydrogen-bond donors (Lipinski definition) is 2. The number of carbonyl (C=O) groups is 1. The number of phenols is 1. The standard InChI is InChI=1S/C8H6N2O8/c11-6-3-4(1-2-5(6)9(14)15)18-7(8(12)13)10(16)17/h1-3,7,11H,(H,12,13). The first-order chi connectivity index (χ1) is 8.32. The summed E-state index contributed by atoms with van der Waals surface area (Å²) in [5.74, 6) is -3.00. The average Bonchev–Trinajstić information content (AvgIpc) is 2.24. The zero-order chi connectivity index (χ0) is 13.9. The highest BCUT2D eigenvalue weighted by atomic mass is 16.7. The third kappa shape index (κ3) is 2.81. The number of hydrogen-bond acceptors (Lipinski definition) is 7. The van der Waals surface area contributed by atoms with Crippen molar-refractivity contribution < 1.29 is 29.6 Å². The second-order valence-electron chi connectivity index (χ2n) is 3.00. The molecule has 0 saturated heterocycles. The van der Waals surface area contributed by atoms with Crippen LogP contribution in [0.5, 0.6) is 11.5 Å². The van der Waals surface area contributed by atoms with Crippen LogP contribution in [0, 0.1) is 20.2 Å². The van der Waals surface area contributed by atoms with Gasteiger partial charge in [0.25, 0.3) is 0 Å². The van der Waals surface area contributed by atoms with Gasteiger partial charge in [0.1, 0.15) is 5.75 Å². The molecule has 10 nitrogen and oxygen atoms in total. The third-order valence-electron chi connectivity index (χ3n) is 1.79. The molecule has 0 fully saturated rings. The molecule has 0 radical (unpaired) electrons. The van der Waals surface area contributed by atoms with Crippen molar-refractivity contribution in [1.82, 2.24) is 0 Å². The van der Waals surface area contributed by atoms with Gasteiger partial charge in [0, 0.05) is 12.1 Å². The molecule has 0 saturated carbocycles. The topological polar surface area (TPSA) is 153 Å². The number of nitro benzene ring substituents is 1. The van der Waals surface area contributed by atoms with E-state index in [2.05, 4.69) is 4.74 Å². The summed E-state index contributed by atoms with van der Waals surface area (Å²) in [4.78, 5) is 29.1. The number of aliphatic carboxylic acids is 1. The van der Waals surface area contributed by atoms with Crippen LogP contribution in [0.25, 0.3) is 0 Å². The lowest BCUT2D eigenvalue weighted by Gasteiger charge is -2.07. The molecule has 18 heavy (non-hydrogen) atoms. The first-order valence-electron chi connectivity index (χ1n) is 4.33. The molecule has 1 aromatic carbocycles. The van der Waals surface area contributed by atoms with Crippen LogP contribution in [0.2, 0.25) is 0 Å². The number of nitrogens with zero attached hydrogens (tertiary/aromatic N) is 2. The van der Waals surface area contributed by atoms with Crippen molar-refractivity contribution in [1.29, 1.82) is 0 Å². The fourth-order valence-electron chi connectivity index (χ4n) is 1.04. The van der Waals surface area contributed by atoms with Gasteiger partial charge in [-0.3, -0.25) is 20.2 Å². The zero-order valence-corrected chi connectivity index (χ0v) is 8.55. The minimum absolute atomic E-state index is 0.373. The molecule has 0 aliphatic rings. The maximum absolute atomic E-state index is 10.5. The summed E-state index contributed by atoms with van der Waals surface area (Å²) >= 11 is 0. The highest BCUT2D eigenvalue weighted by Gasteiger charge is 2.32. The van der Waals surface area contributed by atoms with Gasteiger partial charge in [0.15, 0.2) is 5.75 Å². The molecule has 96 valence electrons. The Balaban J connectivity index is 2.99. The molecule has 1 unspecified atom stereocenters. The predicted octanol–water partition coefficient (Wildman–Crippen LogP) is 0.367. The summed E-state index contributed by atoms with van der Waals surface area (Å²) < 4.78 is 4.47. The normalized spacial score (nSPS) is 11.6. The van der Waals surface area contributed by atoms with E-state index in [1.807, 2.05) is 0 Å². The molecule has 0 heterocycles. The second-order valence-corrected chi connectivity index (χ2v) is 3.00. The van der Waals surface area contributed by atoms with E-state index in [4.69, 9.17) is 5.11 Å². The van der Waals surface area contributed by atoms with Crippen molar-refractivity contribution in [2.75, 3.05) is 0 Å². The molecule has 2 N–H and O–H groups in total. The Kier molecular flexibility index (Phi) is 3.62. The summed E-state index contributed by atoms with van der Waals surface area (Å²) in [5, 5.41) is 38.4. The first kappa shape index (κ1) is 13.2. The Labute approximate surface area is 98.3 Å². The number of benzene rings is 1. The van der Waals surface area contributed by atoms with E-state index in [-0.39, 0.29) is 5.75 Å². The molecule has 10 heteroatoms. The Bertz CT molecular complexity index is 500. The van der Waals surface area contributed by atoms with Gasteiger partial charge < -0.3 is 14.9 Å². The van der Waals surface area contributed by atoms with Gasteiger partial charge in [-0.05, 0) is 6.07 Å². The Hall–Kier alpha value is -2.91. The van der Waals surface area contributed by atoms with Gasteiger partial charge >= 0.3 is 17.9 Å². The van der Waals surface area contributed by atoms with E-state index >= 15 is 0 Å². The fourth-order valence-corrected chi connectivity index (χ4v) is 1.04. The van der Waals surface area contributed by atoms with Crippen molar-refractivity contribution in [3.8, 4) is 11.5 Å². The Morgan fingerprint density at radius 1 is 1.33 bits per heavy atom. The first-order valence-corrected chi connectivity index (χ1v) is 4.33. The number of rotatable bonds is 5. The molecule has 0 bridgehead atoms. The molecular weight excluding hydrogens is 252 g/mol. The van der Waals surface area contributed by atoms with Crippen LogP contribution in [0.3, 0.4) is 0 Å². The van der Waals surface area contributed by atoms with Crippen LogP contribution in [0.4, 0.5) is 5.69 Å². The fraction of sp³-hybridized carbons (Fsp3) is 0.125. The highest BCUT2D eigenvalue weighted by molar-refractivity contribution is 5.70. The molecule has 0 aliphatic heterocycles. The van der Waals surface area contributed by atoms with E-state index in [0.29, 0.717) is 0 Å². The molecule has 1 atom stereocenters. The van der Waals surface area contributed by atoms with Crippen LogP contribution in [-0.4, -0.2) is 32.3 Å². The predicted molar refractivity (Wildman–Crippen MR) is 53.8 cm³/mol. The van der Waals surface area contributed by atoms with Gasteiger partial charge in [-0.2, -0.15) is 0 Å². The van der Waals surface area contributed by atoms with Crippen LogP contribution in [-0.2, 0) is 4.79 Å². The highest BCUT2D eigenvalue weighted by Crippen LogP contribution is 2.30. The molecular formula is C8H6N2O8. The van der Waals surface area contributed by atoms with Crippen LogP contribution in [0.15, 0.2) is 18.2 Å². The molecule has 0 spiro atoms. The number of ether oxygens (including phenoxy) is 1. The second kappa shape index (κ2) is 4.95.